The van der Waals surface area contributed by atoms with Gasteiger partial charge in [-0.1, -0.05) is 23.4 Å². The molecule has 0 unspecified atom stereocenters. The molecule has 0 radical (unpaired) electrons. The lowest BCUT2D eigenvalue weighted by molar-refractivity contribution is 0.0123. The number of hydrogen-bond donors (Lipinski definition) is 0. The number of hydrogen-bond acceptors (Lipinski definition) is 5. The smallest absolute Gasteiger partial charge is 0.274 e. The summed E-state index contributed by atoms with van der Waals surface area (Å²) in [6.45, 7) is 7.64. The second-order valence-corrected chi connectivity index (χ2v) is 9.26. The average Bonchev–Trinajstić information content (AvgIpc) is 3.17. The van der Waals surface area contributed by atoms with Crippen molar-refractivity contribution in [3.05, 3.63) is 53.6 Å². The number of likely N-dealkylation sites (tertiary alicyclic amines) is 1. The summed E-state index contributed by atoms with van der Waals surface area (Å²) in [5, 5.41) is 13.7. The van der Waals surface area contributed by atoms with Crippen molar-refractivity contribution in [3.8, 4) is 6.07 Å². The number of piperidine rings is 1. The Morgan fingerprint density at radius 3 is 2.70 bits per heavy atom. The zero-order valence-electron chi connectivity index (χ0n) is 17.4. The summed E-state index contributed by atoms with van der Waals surface area (Å²) in [5.74, 6) is 1.43. The van der Waals surface area contributed by atoms with Gasteiger partial charge in [0.25, 0.3) is 5.91 Å². The molecule has 7 heteroatoms. The monoisotopic (exact) mass is 403 g/mol. The van der Waals surface area contributed by atoms with Crippen molar-refractivity contribution in [2.75, 3.05) is 13.1 Å². The Morgan fingerprint density at radius 1 is 1.30 bits per heavy atom. The van der Waals surface area contributed by atoms with E-state index in [1.165, 1.54) is 0 Å². The molecule has 1 saturated carbocycles. The Hall–Kier alpha value is -3.14. The fourth-order valence-electron chi connectivity index (χ4n) is 4.99. The third-order valence-corrected chi connectivity index (χ3v) is 6.68. The van der Waals surface area contributed by atoms with Gasteiger partial charge >= 0.3 is 0 Å². The van der Waals surface area contributed by atoms with E-state index in [0.29, 0.717) is 29.0 Å². The topological polar surface area (TPSA) is 83.5 Å². The molecule has 0 bridgehead atoms. The Morgan fingerprint density at radius 2 is 2.03 bits per heavy atom. The summed E-state index contributed by atoms with van der Waals surface area (Å²) >= 11 is 0. The van der Waals surface area contributed by atoms with Gasteiger partial charge in [-0.05, 0) is 44.2 Å². The Kier molecular flexibility index (Phi) is 4.21. The van der Waals surface area contributed by atoms with Crippen LogP contribution in [0.2, 0.25) is 0 Å². The van der Waals surface area contributed by atoms with Crippen molar-refractivity contribution in [2.45, 2.75) is 38.8 Å². The van der Waals surface area contributed by atoms with E-state index in [1.54, 1.807) is 12.5 Å². The van der Waals surface area contributed by atoms with Gasteiger partial charge in [0.15, 0.2) is 0 Å². The largest absolute Gasteiger partial charge is 0.389 e. The lowest BCUT2D eigenvalue weighted by Crippen LogP contribution is -2.33. The molecule has 1 amide bonds. The van der Waals surface area contributed by atoms with Crippen LogP contribution in [0.5, 0.6) is 0 Å². The minimum absolute atomic E-state index is 0.0228. The molecular weight excluding hydrogens is 378 g/mol. The summed E-state index contributed by atoms with van der Waals surface area (Å²) in [5.41, 5.74) is 2.98. The molecule has 154 valence electrons. The second-order valence-electron chi connectivity index (χ2n) is 9.26. The molecule has 2 aliphatic heterocycles. The van der Waals surface area contributed by atoms with Gasteiger partial charge in [-0.3, -0.25) is 4.79 Å². The van der Waals surface area contributed by atoms with Gasteiger partial charge in [-0.2, -0.15) is 5.26 Å². The third kappa shape index (κ3) is 3.07. The van der Waals surface area contributed by atoms with E-state index in [2.05, 4.69) is 30.1 Å². The summed E-state index contributed by atoms with van der Waals surface area (Å²) in [6, 6.07) is 9.68. The van der Waals surface area contributed by atoms with Gasteiger partial charge < -0.3 is 14.3 Å². The lowest BCUT2D eigenvalue weighted by Gasteiger charge is -2.19. The Balaban J connectivity index is 1.24. The molecule has 0 N–H and O–H groups in total. The molecule has 2 aromatic rings. The van der Waals surface area contributed by atoms with Crippen molar-refractivity contribution < 1.29 is 9.63 Å². The highest BCUT2D eigenvalue weighted by Crippen LogP contribution is 2.54. The summed E-state index contributed by atoms with van der Waals surface area (Å²) in [4.78, 5) is 24.8. The van der Waals surface area contributed by atoms with Crippen LogP contribution >= 0.6 is 0 Å². The molecule has 0 spiro atoms. The van der Waals surface area contributed by atoms with Gasteiger partial charge in [0.1, 0.15) is 11.3 Å². The van der Waals surface area contributed by atoms with Gasteiger partial charge in [-0.25, -0.2) is 4.98 Å². The number of nitriles is 1. The number of oxime groups is 1. The Labute approximate surface area is 175 Å². The number of aromatic nitrogens is 2. The van der Waals surface area contributed by atoms with E-state index in [9.17, 15) is 10.1 Å². The highest BCUT2D eigenvalue weighted by molar-refractivity contribution is 5.94. The number of fused-ring (bicyclic) bond motifs is 1. The fourth-order valence-corrected chi connectivity index (χ4v) is 4.99. The number of rotatable bonds is 4. The number of imidazole rings is 1. The van der Waals surface area contributed by atoms with Crippen LogP contribution in [0.4, 0.5) is 0 Å². The zero-order valence-corrected chi connectivity index (χ0v) is 17.4. The van der Waals surface area contributed by atoms with Crippen LogP contribution in [0.15, 0.2) is 41.9 Å². The fraction of sp³-hybridized carbons (Fsp3) is 0.478. The molecule has 1 aliphatic carbocycles. The average molecular weight is 403 g/mol. The van der Waals surface area contributed by atoms with Gasteiger partial charge in [0, 0.05) is 31.6 Å². The van der Waals surface area contributed by atoms with Crippen molar-refractivity contribution in [1.82, 2.24) is 14.5 Å². The van der Waals surface area contributed by atoms with Crippen molar-refractivity contribution >= 4 is 11.6 Å². The minimum atomic E-state index is -0.199. The van der Waals surface area contributed by atoms with Crippen LogP contribution in [0.3, 0.4) is 0 Å². The van der Waals surface area contributed by atoms with Crippen molar-refractivity contribution in [3.63, 3.8) is 0 Å². The van der Waals surface area contributed by atoms with Crippen molar-refractivity contribution in [1.29, 1.82) is 5.26 Å². The first kappa shape index (κ1) is 18.9. The molecule has 3 heterocycles. The van der Waals surface area contributed by atoms with E-state index in [-0.39, 0.29) is 17.6 Å². The molecule has 3 atom stereocenters. The van der Waals surface area contributed by atoms with Crippen LogP contribution in [0.25, 0.3) is 0 Å². The molecule has 2 fully saturated rings. The van der Waals surface area contributed by atoms with Crippen molar-refractivity contribution in [2.24, 2.45) is 22.9 Å². The van der Waals surface area contributed by atoms with Gasteiger partial charge in [0.05, 0.1) is 29.7 Å². The SMILES string of the molecule is C[C@@H](c1ccccc1C#N)n1cnc(C(=O)N2C[C@@H]3C(C4=NOC(C)(C)C4)[C@H]3C2)c1. The number of nitrogens with zero attached hydrogens (tertiary/aromatic N) is 5. The van der Waals surface area contributed by atoms with E-state index >= 15 is 0 Å². The van der Waals surface area contributed by atoms with E-state index in [1.807, 2.05) is 40.7 Å². The highest BCUT2D eigenvalue weighted by atomic mass is 16.7. The molecule has 1 aromatic carbocycles. The number of carbonyl (C=O) groups is 1. The quantitative estimate of drug-likeness (QED) is 0.785. The maximum atomic E-state index is 13.0. The number of carbonyl (C=O) groups excluding carboxylic acids is 1. The number of benzene rings is 1. The minimum Gasteiger partial charge on any atom is -0.389 e. The Bertz CT molecular complexity index is 1070. The number of amides is 1. The second kappa shape index (κ2) is 6.69. The molecule has 1 aromatic heterocycles. The van der Waals surface area contributed by atoms with Crippen LogP contribution in [-0.4, -0.2) is 44.8 Å². The standard InChI is InChI=1S/C23H25N5O2/c1-14(16-7-5-4-6-15(16)9-24)28-12-20(25-13-28)22(29)27-10-17-18(11-27)21(17)19-8-23(2,3)30-26-19/h4-7,12-14,17-18,21H,8,10-11H2,1-3H3/t14-,17-,18-/m0/s1. The molecule has 30 heavy (non-hydrogen) atoms. The molecule has 5 rings (SSSR count). The lowest BCUT2D eigenvalue weighted by atomic mass is 9.98. The van der Waals surface area contributed by atoms with Gasteiger partial charge in [0.2, 0.25) is 0 Å². The van der Waals surface area contributed by atoms with E-state index in [4.69, 9.17) is 4.84 Å². The maximum absolute atomic E-state index is 13.0. The normalized spacial score (nSPS) is 27.1. The summed E-state index contributed by atoms with van der Waals surface area (Å²) in [6.07, 6.45) is 4.35. The highest BCUT2D eigenvalue weighted by Gasteiger charge is 2.60. The predicted molar refractivity (Wildman–Crippen MR) is 111 cm³/mol. The van der Waals surface area contributed by atoms with Crippen LogP contribution < -0.4 is 0 Å². The van der Waals surface area contributed by atoms with Crippen LogP contribution in [0, 0.1) is 29.1 Å². The zero-order chi connectivity index (χ0) is 21.0. The molecule has 7 nitrogen and oxygen atoms in total. The third-order valence-electron chi connectivity index (χ3n) is 6.68. The summed E-state index contributed by atoms with van der Waals surface area (Å²) in [7, 11) is 0. The van der Waals surface area contributed by atoms with Crippen LogP contribution in [-0.2, 0) is 4.84 Å². The predicted octanol–water partition coefficient (Wildman–Crippen LogP) is 3.24. The van der Waals surface area contributed by atoms with E-state index < -0.39 is 0 Å². The van der Waals surface area contributed by atoms with Gasteiger partial charge in [-0.15, -0.1) is 0 Å². The molecule has 1 saturated heterocycles. The molecule has 3 aliphatic rings. The first-order valence-corrected chi connectivity index (χ1v) is 10.4. The first-order chi connectivity index (χ1) is 14.4. The first-order valence-electron chi connectivity index (χ1n) is 10.4. The van der Waals surface area contributed by atoms with Crippen LogP contribution in [0.1, 0.15) is 54.8 Å². The summed E-state index contributed by atoms with van der Waals surface area (Å²) < 4.78 is 1.90. The van der Waals surface area contributed by atoms with E-state index in [0.717, 1.165) is 30.8 Å². The maximum Gasteiger partial charge on any atom is 0.274 e. The molecular formula is C23H25N5O2.